The zero-order chi connectivity index (χ0) is 18.2. The zero-order valence-corrected chi connectivity index (χ0v) is 14.7. The van der Waals surface area contributed by atoms with Gasteiger partial charge in [0.15, 0.2) is 13.2 Å². The van der Waals surface area contributed by atoms with E-state index in [0.29, 0.717) is 5.75 Å². The van der Waals surface area contributed by atoms with Crippen LogP contribution in [0, 0.1) is 13.8 Å². The van der Waals surface area contributed by atoms with Crippen molar-refractivity contribution in [3.05, 3.63) is 65.2 Å². The van der Waals surface area contributed by atoms with Gasteiger partial charge in [-0.3, -0.25) is 4.79 Å². The summed E-state index contributed by atoms with van der Waals surface area (Å²) >= 11 is 0. The summed E-state index contributed by atoms with van der Waals surface area (Å²) in [6.07, 6.45) is 0. The van der Waals surface area contributed by atoms with E-state index < -0.39 is 5.97 Å². The lowest BCUT2D eigenvalue weighted by molar-refractivity contribution is -0.150. The summed E-state index contributed by atoms with van der Waals surface area (Å²) in [6, 6.07) is 14.8. The maximum absolute atomic E-state index is 11.9. The lowest BCUT2D eigenvalue weighted by Gasteiger charge is -2.16. The molecular formula is C20H23NO4. The van der Waals surface area contributed by atoms with Gasteiger partial charge in [-0.1, -0.05) is 36.4 Å². The third-order valence-corrected chi connectivity index (χ3v) is 3.87. The number of nitrogens with one attached hydrogen (secondary N) is 1. The molecule has 2 rings (SSSR count). The van der Waals surface area contributed by atoms with E-state index in [1.54, 1.807) is 12.1 Å². The van der Waals surface area contributed by atoms with E-state index in [2.05, 4.69) is 5.32 Å². The predicted molar refractivity (Wildman–Crippen MR) is 95.4 cm³/mol. The van der Waals surface area contributed by atoms with E-state index in [0.717, 1.165) is 5.56 Å². The Morgan fingerprint density at radius 2 is 1.72 bits per heavy atom. The summed E-state index contributed by atoms with van der Waals surface area (Å²) in [5.74, 6) is -0.358. The maximum atomic E-state index is 11.9. The fraction of sp³-hybridized carbons (Fsp3) is 0.300. The molecule has 0 saturated heterocycles. The monoisotopic (exact) mass is 341 g/mol. The first-order valence-corrected chi connectivity index (χ1v) is 8.15. The van der Waals surface area contributed by atoms with Gasteiger partial charge >= 0.3 is 5.97 Å². The van der Waals surface area contributed by atoms with Crippen molar-refractivity contribution in [3.8, 4) is 5.75 Å². The van der Waals surface area contributed by atoms with Gasteiger partial charge in [0.1, 0.15) is 5.75 Å². The molecule has 0 aliphatic carbocycles. The highest BCUT2D eigenvalue weighted by Crippen LogP contribution is 2.16. The van der Waals surface area contributed by atoms with Crippen LogP contribution in [0.1, 0.15) is 29.7 Å². The van der Waals surface area contributed by atoms with Gasteiger partial charge in [0.2, 0.25) is 0 Å². The Balaban J connectivity index is 1.74. The molecule has 0 radical (unpaired) electrons. The van der Waals surface area contributed by atoms with Crippen molar-refractivity contribution in [3.63, 3.8) is 0 Å². The van der Waals surface area contributed by atoms with E-state index in [1.807, 2.05) is 57.2 Å². The fourth-order valence-electron chi connectivity index (χ4n) is 2.25. The molecule has 25 heavy (non-hydrogen) atoms. The van der Waals surface area contributed by atoms with Crippen LogP contribution >= 0.6 is 0 Å². The Morgan fingerprint density at radius 3 is 2.40 bits per heavy atom. The highest BCUT2D eigenvalue weighted by atomic mass is 16.6. The normalized spacial score (nSPS) is 11.5. The van der Waals surface area contributed by atoms with Crippen molar-refractivity contribution in [1.82, 2.24) is 5.32 Å². The number of hydrogen-bond acceptors (Lipinski definition) is 4. The van der Waals surface area contributed by atoms with E-state index >= 15 is 0 Å². The summed E-state index contributed by atoms with van der Waals surface area (Å²) < 4.78 is 10.2. The fourth-order valence-corrected chi connectivity index (χ4v) is 2.25. The molecule has 0 aliphatic rings. The van der Waals surface area contributed by atoms with Crippen molar-refractivity contribution < 1.29 is 19.1 Å². The first kappa shape index (κ1) is 18.5. The number of hydrogen-bond donors (Lipinski definition) is 1. The van der Waals surface area contributed by atoms with Crippen LogP contribution in [0.3, 0.4) is 0 Å². The molecule has 0 heterocycles. The topological polar surface area (TPSA) is 64.6 Å². The Hall–Kier alpha value is -2.82. The number of para-hydroxylation sites is 1. The lowest BCUT2D eigenvalue weighted by Crippen LogP contribution is -2.32. The van der Waals surface area contributed by atoms with Crippen LogP contribution < -0.4 is 10.1 Å². The van der Waals surface area contributed by atoms with Gasteiger partial charge in [-0.25, -0.2) is 4.79 Å². The molecule has 0 fully saturated rings. The van der Waals surface area contributed by atoms with Crippen LogP contribution in [-0.4, -0.2) is 25.1 Å². The SMILES string of the molecule is Cc1ccc([C@H](C)NC(=O)COC(=O)COc2ccccc2)cc1C. The molecule has 2 aromatic rings. The van der Waals surface area contributed by atoms with Gasteiger partial charge in [-0.05, 0) is 49.6 Å². The number of aryl methyl sites for hydroxylation is 2. The van der Waals surface area contributed by atoms with Crippen molar-refractivity contribution in [2.75, 3.05) is 13.2 Å². The number of carbonyl (C=O) groups excluding carboxylic acids is 2. The molecule has 0 aliphatic heterocycles. The van der Waals surface area contributed by atoms with Gasteiger partial charge in [-0.15, -0.1) is 0 Å². The van der Waals surface area contributed by atoms with Gasteiger partial charge < -0.3 is 14.8 Å². The number of carbonyl (C=O) groups is 2. The molecule has 5 heteroatoms. The quantitative estimate of drug-likeness (QED) is 0.786. The molecule has 1 atom stereocenters. The molecule has 0 unspecified atom stereocenters. The van der Waals surface area contributed by atoms with Crippen LogP contribution in [0.4, 0.5) is 0 Å². The van der Waals surface area contributed by atoms with E-state index in [9.17, 15) is 9.59 Å². The molecular weight excluding hydrogens is 318 g/mol. The summed E-state index contributed by atoms with van der Waals surface area (Å²) in [5, 5.41) is 2.82. The van der Waals surface area contributed by atoms with Crippen LogP contribution in [0.2, 0.25) is 0 Å². The maximum Gasteiger partial charge on any atom is 0.344 e. The van der Waals surface area contributed by atoms with Crippen LogP contribution in [-0.2, 0) is 14.3 Å². The van der Waals surface area contributed by atoms with Crippen molar-refractivity contribution in [2.45, 2.75) is 26.8 Å². The smallest absolute Gasteiger partial charge is 0.344 e. The van der Waals surface area contributed by atoms with Crippen molar-refractivity contribution >= 4 is 11.9 Å². The Bertz CT molecular complexity index is 728. The molecule has 0 bridgehead atoms. The first-order valence-electron chi connectivity index (χ1n) is 8.15. The average Bonchev–Trinajstić information content (AvgIpc) is 2.61. The Labute approximate surface area is 148 Å². The standard InChI is InChI=1S/C20H23NO4/c1-14-9-10-17(11-15(14)2)16(3)21-19(22)12-25-20(23)13-24-18-7-5-4-6-8-18/h4-11,16H,12-13H2,1-3H3,(H,21,22)/t16-/m0/s1. The molecule has 1 amide bonds. The summed E-state index contributed by atoms with van der Waals surface area (Å²) in [4.78, 5) is 23.6. The third kappa shape index (κ3) is 5.95. The minimum absolute atomic E-state index is 0.161. The van der Waals surface area contributed by atoms with Gasteiger partial charge in [0.25, 0.3) is 5.91 Å². The Morgan fingerprint density at radius 1 is 1.00 bits per heavy atom. The highest BCUT2D eigenvalue weighted by molar-refractivity contribution is 5.81. The highest BCUT2D eigenvalue weighted by Gasteiger charge is 2.13. The number of ether oxygens (including phenoxy) is 2. The summed E-state index contributed by atoms with van der Waals surface area (Å²) in [7, 11) is 0. The minimum Gasteiger partial charge on any atom is -0.482 e. The number of esters is 1. The van der Waals surface area contributed by atoms with Crippen LogP contribution in [0.25, 0.3) is 0 Å². The van der Waals surface area contributed by atoms with Gasteiger partial charge in [0, 0.05) is 0 Å². The van der Waals surface area contributed by atoms with E-state index in [-0.39, 0.29) is 25.2 Å². The van der Waals surface area contributed by atoms with Gasteiger partial charge in [0.05, 0.1) is 6.04 Å². The predicted octanol–water partition coefficient (Wildman–Crippen LogP) is 3.10. The second kappa shape index (κ2) is 8.87. The van der Waals surface area contributed by atoms with Crippen molar-refractivity contribution in [2.24, 2.45) is 0 Å². The van der Waals surface area contributed by atoms with Crippen molar-refractivity contribution in [1.29, 1.82) is 0 Å². The zero-order valence-electron chi connectivity index (χ0n) is 14.7. The summed E-state index contributed by atoms with van der Waals surface area (Å²) in [5.41, 5.74) is 3.38. The lowest BCUT2D eigenvalue weighted by atomic mass is 10.0. The molecule has 5 nitrogen and oxygen atoms in total. The van der Waals surface area contributed by atoms with Crippen LogP contribution in [0.15, 0.2) is 48.5 Å². The van der Waals surface area contributed by atoms with E-state index in [4.69, 9.17) is 9.47 Å². The number of amides is 1. The summed E-state index contributed by atoms with van der Waals surface area (Å²) in [6.45, 7) is 5.40. The van der Waals surface area contributed by atoms with Crippen LogP contribution in [0.5, 0.6) is 5.75 Å². The molecule has 2 aromatic carbocycles. The largest absolute Gasteiger partial charge is 0.482 e. The molecule has 1 N–H and O–H groups in total. The number of rotatable bonds is 7. The average molecular weight is 341 g/mol. The van der Waals surface area contributed by atoms with E-state index in [1.165, 1.54) is 11.1 Å². The Kier molecular flexibility index (Phi) is 6.57. The second-order valence-corrected chi connectivity index (χ2v) is 5.90. The minimum atomic E-state index is -0.585. The molecule has 132 valence electrons. The molecule has 0 aromatic heterocycles. The third-order valence-electron chi connectivity index (χ3n) is 3.87. The second-order valence-electron chi connectivity index (χ2n) is 5.90. The molecule has 0 spiro atoms. The first-order chi connectivity index (χ1) is 12.0. The number of benzene rings is 2. The molecule has 0 saturated carbocycles. The van der Waals surface area contributed by atoms with Gasteiger partial charge in [-0.2, -0.15) is 0 Å².